The Labute approximate surface area is 120 Å². The van der Waals surface area contributed by atoms with Gasteiger partial charge in [-0.3, -0.25) is 4.79 Å². The average Bonchev–Trinajstić information content (AvgIpc) is 2.52. The molecule has 1 aromatic heterocycles. The highest BCUT2D eigenvalue weighted by atomic mass is 16.1. The molecule has 1 aliphatic rings. The lowest BCUT2D eigenvalue weighted by Gasteiger charge is -2.21. The van der Waals surface area contributed by atoms with Gasteiger partial charge in [0.2, 0.25) is 0 Å². The lowest BCUT2D eigenvalue weighted by molar-refractivity contribution is 0.0938. The van der Waals surface area contributed by atoms with Crippen LogP contribution in [0.25, 0.3) is 0 Å². The maximum atomic E-state index is 12.0. The average molecular weight is 276 g/mol. The van der Waals surface area contributed by atoms with E-state index in [1.807, 2.05) is 0 Å². The van der Waals surface area contributed by atoms with Crippen LogP contribution in [-0.4, -0.2) is 29.0 Å². The standard InChI is InChI=1S/C15H24N4O/c1-2-8-16-14-11-17-13(10-18-14)15(20)19-9-12-6-4-3-5-7-12/h10-12H,2-9H2,1H3,(H,16,18)(H,19,20). The molecule has 0 aliphatic heterocycles. The van der Waals surface area contributed by atoms with E-state index in [-0.39, 0.29) is 5.91 Å². The third-order valence-electron chi connectivity index (χ3n) is 3.72. The number of aromatic nitrogens is 2. The van der Waals surface area contributed by atoms with E-state index in [4.69, 9.17) is 0 Å². The zero-order chi connectivity index (χ0) is 14.2. The zero-order valence-corrected chi connectivity index (χ0v) is 12.2. The van der Waals surface area contributed by atoms with E-state index < -0.39 is 0 Å². The number of nitrogens with one attached hydrogen (secondary N) is 2. The van der Waals surface area contributed by atoms with Crippen molar-refractivity contribution in [3.63, 3.8) is 0 Å². The maximum absolute atomic E-state index is 12.0. The molecular formula is C15H24N4O. The second kappa shape index (κ2) is 7.82. The molecule has 0 saturated heterocycles. The fourth-order valence-electron chi connectivity index (χ4n) is 2.51. The minimum atomic E-state index is -0.120. The number of rotatable bonds is 6. The molecule has 1 aromatic rings. The van der Waals surface area contributed by atoms with Gasteiger partial charge < -0.3 is 10.6 Å². The third kappa shape index (κ3) is 4.47. The Kier molecular flexibility index (Phi) is 5.77. The Morgan fingerprint density at radius 1 is 1.25 bits per heavy atom. The molecule has 2 rings (SSSR count). The summed E-state index contributed by atoms with van der Waals surface area (Å²) in [7, 11) is 0. The molecule has 1 heterocycles. The van der Waals surface area contributed by atoms with Crippen molar-refractivity contribution in [3.05, 3.63) is 18.1 Å². The fraction of sp³-hybridized carbons (Fsp3) is 0.667. The summed E-state index contributed by atoms with van der Waals surface area (Å²) in [5, 5.41) is 6.11. The summed E-state index contributed by atoms with van der Waals surface area (Å²) in [6.45, 7) is 3.71. The first-order valence-corrected chi connectivity index (χ1v) is 7.63. The van der Waals surface area contributed by atoms with Crippen LogP contribution in [0.15, 0.2) is 12.4 Å². The second-order valence-corrected chi connectivity index (χ2v) is 5.43. The molecule has 5 nitrogen and oxygen atoms in total. The van der Waals surface area contributed by atoms with Crippen LogP contribution in [0.4, 0.5) is 5.82 Å². The van der Waals surface area contributed by atoms with Gasteiger partial charge >= 0.3 is 0 Å². The first-order valence-electron chi connectivity index (χ1n) is 7.63. The quantitative estimate of drug-likeness (QED) is 0.838. The second-order valence-electron chi connectivity index (χ2n) is 5.43. The summed E-state index contributed by atoms with van der Waals surface area (Å²) in [6.07, 6.45) is 10.6. The molecular weight excluding hydrogens is 252 g/mol. The van der Waals surface area contributed by atoms with E-state index >= 15 is 0 Å². The van der Waals surface area contributed by atoms with Crippen molar-refractivity contribution in [2.24, 2.45) is 5.92 Å². The lowest BCUT2D eigenvalue weighted by atomic mass is 9.89. The number of carbonyl (C=O) groups excluding carboxylic acids is 1. The van der Waals surface area contributed by atoms with Crippen molar-refractivity contribution < 1.29 is 4.79 Å². The van der Waals surface area contributed by atoms with Crippen LogP contribution in [-0.2, 0) is 0 Å². The topological polar surface area (TPSA) is 66.9 Å². The predicted octanol–water partition coefficient (Wildman–Crippen LogP) is 2.61. The predicted molar refractivity (Wildman–Crippen MR) is 79.7 cm³/mol. The van der Waals surface area contributed by atoms with Gasteiger partial charge in [0.05, 0.1) is 12.4 Å². The lowest BCUT2D eigenvalue weighted by Crippen LogP contribution is -2.30. The molecule has 1 amide bonds. The van der Waals surface area contributed by atoms with E-state index in [9.17, 15) is 4.79 Å². The van der Waals surface area contributed by atoms with Crippen molar-refractivity contribution >= 4 is 11.7 Å². The van der Waals surface area contributed by atoms with Gasteiger partial charge in [-0.2, -0.15) is 0 Å². The summed E-state index contributed by atoms with van der Waals surface area (Å²) in [6, 6.07) is 0. The van der Waals surface area contributed by atoms with Crippen molar-refractivity contribution in [2.75, 3.05) is 18.4 Å². The summed E-state index contributed by atoms with van der Waals surface area (Å²) in [4.78, 5) is 20.3. The largest absolute Gasteiger partial charge is 0.369 e. The summed E-state index contributed by atoms with van der Waals surface area (Å²) in [5.74, 6) is 1.23. The van der Waals surface area contributed by atoms with Gasteiger partial charge in [0.15, 0.2) is 0 Å². The van der Waals surface area contributed by atoms with E-state index in [0.29, 0.717) is 11.6 Å². The maximum Gasteiger partial charge on any atom is 0.271 e. The Hall–Kier alpha value is -1.65. The fourth-order valence-corrected chi connectivity index (χ4v) is 2.51. The van der Waals surface area contributed by atoms with E-state index in [0.717, 1.165) is 25.3 Å². The Bertz CT molecular complexity index is 412. The Balaban J connectivity index is 1.79. The van der Waals surface area contributed by atoms with Crippen LogP contribution < -0.4 is 10.6 Å². The van der Waals surface area contributed by atoms with Crippen LogP contribution in [0.3, 0.4) is 0 Å². The molecule has 0 unspecified atom stereocenters. The van der Waals surface area contributed by atoms with Gasteiger partial charge in [0.1, 0.15) is 11.5 Å². The van der Waals surface area contributed by atoms with Gasteiger partial charge in [-0.1, -0.05) is 26.2 Å². The molecule has 0 bridgehead atoms. The minimum Gasteiger partial charge on any atom is -0.369 e. The number of amides is 1. The molecule has 110 valence electrons. The first-order chi connectivity index (χ1) is 9.79. The molecule has 1 fully saturated rings. The zero-order valence-electron chi connectivity index (χ0n) is 12.2. The van der Waals surface area contributed by atoms with Gasteiger partial charge in [-0.15, -0.1) is 0 Å². The molecule has 2 N–H and O–H groups in total. The van der Waals surface area contributed by atoms with Crippen molar-refractivity contribution in [1.82, 2.24) is 15.3 Å². The Morgan fingerprint density at radius 3 is 2.70 bits per heavy atom. The smallest absolute Gasteiger partial charge is 0.271 e. The van der Waals surface area contributed by atoms with Crippen molar-refractivity contribution in [1.29, 1.82) is 0 Å². The first kappa shape index (κ1) is 14.8. The number of anilines is 1. The van der Waals surface area contributed by atoms with Crippen LogP contribution in [0.2, 0.25) is 0 Å². The number of hydrogen-bond donors (Lipinski definition) is 2. The molecule has 20 heavy (non-hydrogen) atoms. The monoisotopic (exact) mass is 276 g/mol. The summed E-state index contributed by atoms with van der Waals surface area (Å²) in [5.41, 5.74) is 0.392. The molecule has 1 saturated carbocycles. The Morgan fingerprint density at radius 2 is 2.05 bits per heavy atom. The van der Waals surface area contributed by atoms with Crippen LogP contribution >= 0.6 is 0 Å². The number of hydrogen-bond acceptors (Lipinski definition) is 4. The summed E-state index contributed by atoms with van der Waals surface area (Å²) >= 11 is 0. The van der Waals surface area contributed by atoms with E-state index in [1.165, 1.54) is 38.3 Å². The van der Waals surface area contributed by atoms with E-state index in [1.54, 1.807) is 6.20 Å². The highest BCUT2D eigenvalue weighted by Gasteiger charge is 2.15. The number of carbonyl (C=O) groups is 1. The minimum absolute atomic E-state index is 0.120. The molecule has 0 radical (unpaired) electrons. The van der Waals surface area contributed by atoms with Gasteiger partial charge in [0.25, 0.3) is 5.91 Å². The van der Waals surface area contributed by atoms with Gasteiger partial charge in [-0.25, -0.2) is 9.97 Å². The summed E-state index contributed by atoms with van der Waals surface area (Å²) < 4.78 is 0. The third-order valence-corrected chi connectivity index (χ3v) is 3.72. The number of nitrogens with zero attached hydrogens (tertiary/aromatic N) is 2. The van der Waals surface area contributed by atoms with Crippen molar-refractivity contribution in [3.8, 4) is 0 Å². The van der Waals surface area contributed by atoms with Crippen molar-refractivity contribution in [2.45, 2.75) is 45.4 Å². The molecule has 5 heteroatoms. The van der Waals surface area contributed by atoms with Crippen LogP contribution in [0, 0.1) is 5.92 Å². The highest BCUT2D eigenvalue weighted by Crippen LogP contribution is 2.22. The van der Waals surface area contributed by atoms with Crippen LogP contribution in [0.5, 0.6) is 0 Å². The molecule has 0 atom stereocenters. The van der Waals surface area contributed by atoms with E-state index in [2.05, 4.69) is 27.5 Å². The normalized spacial score (nSPS) is 15.8. The molecule has 0 spiro atoms. The van der Waals surface area contributed by atoms with Gasteiger partial charge in [-0.05, 0) is 25.2 Å². The van der Waals surface area contributed by atoms with Gasteiger partial charge in [0, 0.05) is 13.1 Å². The highest BCUT2D eigenvalue weighted by molar-refractivity contribution is 5.91. The molecule has 0 aromatic carbocycles. The molecule has 1 aliphatic carbocycles. The van der Waals surface area contributed by atoms with Crippen LogP contribution in [0.1, 0.15) is 55.9 Å². The SMILES string of the molecule is CCCNc1cnc(C(=O)NCC2CCCCC2)cn1.